The molecule has 3 rings (SSSR count). The first-order chi connectivity index (χ1) is 15.6. The number of esters is 1. The summed E-state index contributed by atoms with van der Waals surface area (Å²) in [5, 5.41) is 11.0. The lowest BCUT2D eigenvalue weighted by Gasteiger charge is -2.27. The molecule has 1 aliphatic rings. The van der Waals surface area contributed by atoms with E-state index >= 15 is 0 Å². The third kappa shape index (κ3) is 5.04. The number of likely N-dealkylation sites (tertiary alicyclic amines) is 1. The number of halogens is 1. The smallest absolute Gasteiger partial charge is 0.308 e. The van der Waals surface area contributed by atoms with Crippen LogP contribution in [0, 0.1) is 5.82 Å². The third-order valence-electron chi connectivity index (χ3n) is 5.20. The lowest BCUT2D eigenvalue weighted by atomic mass is 9.95. The number of methoxy groups -OCH3 is 1. The minimum absolute atomic E-state index is 0.113. The number of Topliss-reactive ketones (excluding diaryl/α,β-unsaturated/α-hetero) is 1. The number of nitrogens with zero attached hydrogens (tertiary/aromatic N) is 2. The lowest BCUT2D eigenvalue weighted by Crippen LogP contribution is -2.35. The molecule has 1 fully saturated rings. The topological polar surface area (TPSA) is 96.4 Å². The Morgan fingerprint density at radius 3 is 2.36 bits per heavy atom. The van der Waals surface area contributed by atoms with Crippen molar-refractivity contribution in [2.24, 2.45) is 0 Å². The average Bonchev–Trinajstić information content (AvgIpc) is 3.02. The zero-order chi connectivity index (χ0) is 24.3. The number of rotatable bonds is 7. The molecule has 1 unspecified atom stereocenters. The molecule has 1 atom stereocenters. The molecule has 33 heavy (non-hydrogen) atoms. The maximum absolute atomic E-state index is 13.4. The molecule has 174 valence electrons. The Morgan fingerprint density at radius 1 is 1.12 bits per heavy atom. The second-order valence-corrected chi connectivity index (χ2v) is 7.81. The van der Waals surface area contributed by atoms with Crippen LogP contribution in [0.25, 0.3) is 5.76 Å². The Bertz CT molecular complexity index is 1110. The van der Waals surface area contributed by atoms with Crippen LogP contribution in [0.3, 0.4) is 0 Å². The molecule has 0 spiro atoms. The van der Waals surface area contributed by atoms with Crippen molar-refractivity contribution in [1.29, 1.82) is 0 Å². The van der Waals surface area contributed by atoms with Crippen molar-refractivity contribution in [3.63, 3.8) is 0 Å². The van der Waals surface area contributed by atoms with Crippen molar-refractivity contribution in [1.82, 2.24) is 9.80 Å². The molecule has 1 N–H and O–H groups in total. The number of carbonyl (C=O) groups excluding carboxylic acids is 3. The summed E-state index contributed by atoms with van der Waals surface area (Å²) in [5.74, 6) is -2.72. The highest BCUT2D eigenvalue weighted by Crippen LogP contribution is 2.41. The molecule has 0 aromatic heterocycles. The SMILES string of the molecule is COc1ccc(C2/C(=C(/O)c3ccc(F)cc3)C(=O)C(=O)N2CCN(C)C)cc1OC(C)=O. The molecule has 1 saturated heterocycles. The number of likely N-dealkylation sites (N-methyl/N-ethyl adjacent to an activating group) is 1. The Kier molecular flexibility index (Phi) is 7.13. The Morgan fingerprint density at radius 2 is 1.79 bits per heavy atom. The summed E-state index contributed by atoms with van der Waals surface area (Å²) in [7, 11) is 5.08. The first kappa shape index (κ1) is 23.9. The number of aliphatic hydroxyl groups excluding tert-OH is 1. The van der Waals surface area contributed by atoms with Crippen molar-refractivity contribution in [3.8, 4) is 11.5 Å². The number of carbonyl (C=O) groups is 3. The van der Waals surface area contributed by atoms with E-state index in [1.54, 1.807) is 12.1 Å². The van der Waals surface area contributed by atoms with Crippen LogP contribution in [-0.2, 0) is 14.4 Å². The molecule has 0 saturated carbocycles. The zero-order valence-electron chi connectivity index (χ0n) is 18.8. The summed E-state index contributed by atoms with van der Waals surface area (Å²) >= 11 is 0. The van der Waals surface area contributed by atoms with Gasteiger partial charge in [-0.05, 0) is 56.1 Å². The molecule has 8 nitrogen and oxygen atoms in total. The number of amides is 1. The maximum atomic E-state index is 13.4. The van der Waals surface area contributed by atoms with Crippen molar-refractivity contribution in [2.45, 2.75) is 13.0 Å². The van der Waals surface area contributed by atoms with Gasteiger partial charge in [0.1, 0.15) is 11.6 Å². The van der Waals surface area contributed by atoms with Gasteiger partial charge in [-0.1, -0.05) is 6.07 Å². The zero-order valence-corrected chi connectivity index (χ0v) is 18.8. The van der Waals surface area contributed by atoms with Crippen LogP contribution in [0.2, 0.25) is 0 Å². The standard InChI is InChI=1S/C24H25FN2O6/c1-14(28)33-19-13-16(7-10-18(19)32-4)21-20(22(29)15-5-8-17(25)9-6-15)23(30)24(31)27(21)12-11-26(2)3/h5-10,13,21,29H,11-12H2,1-4H3/b22-20-. The fourth-order valence-corrected chi connectivity index (χ4v) is 3.63. The van der Waals surface area contributed by atoms with Crippen molar-refractivity contribution < 1.29 is 33.4 Å². The Hall–Kier alpha value is -3.72. The molecule has 1 amide bonds. The van der Waals surface area contributed by atoms with Crippen LogP contribution < -0.4 is 9.47 Å². The van der Waals surface area contributed by atoms with E-state index in [9.17, 15) is 23.9 Å². The summed E-state index contributed by atoms with van der Waals surface area (Å²) in [6.45, 7) is 1.91. The fourth-order valence-electron chi connectivity index (χ4n) is 3.63. The van der Waals surface area contributed by atoms with Crippen LogP contribution in [0.15, 0.2) is 48.0 Å². The van der Waals surface area contributed by atoms with E-state index in [4.69, 9.17) is 9.47 Å². The molecule has 0 radical (unpaired) electrons. The van der Waals surface area contributed by atoms with Crippen LogP contribution in [0.5, 0.6) is 11.5 Å². The Balaban J connectivity index is 2.19. The summed E-state index contributed by atoms with van der Waals surface area (Å²) in [4.78, 5) is 40.7. The normalized spacial score (nSPS) is 17.5. The second kappa shape index (κ2) is 9.83. The van der Waals surface area contributed by atoms with Gasteiger partial charge in [-0.25, -0.2) is 4.39 Å². The van der Waals surface area contributed by atoms with Crippen molar-refractivity contribution in [2.75, 3.05) is 34.3 Å². The highest BCUT2D eigenvalue weighted by atomic mass is 19.1. The quantitative estimate of drug-likeness (QED) is 0.225. The van der Waals surface area contributed by atoms with Gasteiger partial charge < -0.3 is 24.4 Å². The van der Waals surface area contributed by atoms with E-state index in [0.29, 0.717) is 12.1 Å². The first-order valence-electron chi connectivity index (χ1n) is 10.2. The largest absolute Gasteiger partial charge is 0.507 e. The number of hydrogen-bond donors (Lipinski definition) is 1. The third-order valence-corrected chi connectivity index (χ3v) is 5.20. The summed E-state index contributed by atoms with van der Waals surface area (Å²) < 4.78 is 23.9. The number of hydrogen-bond acceptors (Lipinski definition) is 7. The van der Waals surface area contributed by atoms with Crippen molar-refractivity contribution in [3.05, 3.63) is 65.0 Å². The molecule has 2 aromatic rings. The Labute approximate surface area is 190 Å². The molecular weight excluding hydrogens is 431 g/mol. The number of ketones is 1. The monoisotopic (exact) mass is 456 g/mol. The summed E-state index contributed by atoms with van der Waals surface area (Å²) in [5.41, 5.74) is 0.499. The molecule has 0 bridgehead atoms. The predicted octanol–water partition coefficient (Wildman–Crippen LogP) is 2.74. The van der Waals surface area contributed by atoms with Gasteiger partial charge in [0.25, 0.3) is 11.7 Å². The lowest BCUT2D eigenvalue weighted by molar-refractivity contribution is -0.140. The number of aliphatic hydroxyl groups is 1. The molecule has 9 heteroatoms. The molecule has 1 aliphatic heterocycles. The van der Waals surface area contributed by atoms with E-state index in [2.05, 4.69) is 0 Å². The van der Waals surface area contributed by atoms with E-state index in [0.717, 1.165) is 12.1 Å². The molecule has 0 aliphatic carbocycles. The minimum atomic E-state index is -0.949. The van der Waals surface area contributed by atoms with Gasteiger partial charge in [-0.15, -0.1) is 0 Å². The molecule has 2 aromatic carbocycles. The molecular formula is C24H25FN2O6. The summed E-state index contributed by atoms with van der Waals surface area (Å²) in [6.07, 6.45) is 0. The van der Waals surface area contributed by atoms with Gasteiger partial charge in [-0.3, -0.25) is 14.4 Å². The second-order valence-electron chi connectivity index (χ2n) is 7.81. The van der Waals surface area contributed by atoms with E-state index in [1.807, 2.05) is 19.0 Å². The van der Waals surface area contributed by atoms with Gasteiger partial charge in [-0.2, -0.15) is 0 Å². The highest BCUT2D eigenvalue weighted by Gasteiger charge is 2.46. The van der Waals surface area contributed by atoms with Gasteiger partial charge >= 0.3 is 5.97 Å². The number of benzene rings is 2. The van der Waals surface area contributed by atoms with E-state index in [-0.39, 0.29) is 29.2 Å². The number of ether oxygens (including phenoxy) is 2. The molecule has 1 heterocycles. The fraction of sp³-hybridized carbons (Fsp3) is 0.292. The van der Waals surface area contributed by atoms with Crippen LogP contribution in [0.4, 0.5) is 4.39 Å². The van der Waals surface area contributed by atoms with Crippen LogP contribution in [-0.4, -0.2) is 66.9 Å². The van der Waals surface area contributed by atoms with Crippen molar-refractivity contribution >= 4 is 23.4 Å². The van der Waals surface area contributed by atoms with Crippen LogP contribution >= 0.6 is 0 Å². The average molecular weight is 456 g/mol. The predicted molar refractivity (Wildman–Crippen MR) is 118 cm³/mol. The van der Waals surface area contributed by atoms with Gasteiger partial charge in [0.15, 0.2) is 11.5 Å². The van der Waals surface area contributed by atoms with Gasteiger partial charge in [0.2, 0.25) is 0 Å². The van der Waals surface area contributed by atoms with Gasteiger partial charge in [0, 0.05) is 25.6 Å². The summed E-state index contributed by atoms with van der Waals surface area (Å²) in [6, 6.07) is 8.69. The maximum Gasteiger partial charge on any atom is 0.308 e. The minimum Gasteiger partial charge on any atom is -0.507 e. The highest BCUT2D eigenvalue weighted by molar-refractivity contribution is 6.46. The van der Waals surface area contributed by atoms with Gasteiger partial charge in [0.05, 0.1) is 18.7 Å². The van der Waals surface area contributed by atoms with E-state index in [1.165, 1.54) is 37.1 Å². The first-order valence-corrected chi connectivity index (χ1v) is 10.2. The van der Waals surface area contributed by atoms with Crippen LogP contribution in [0.1, 0.15) is 24.1 Å². The van der Waals surface area contributed by atoms with E-state index < -0.39 is 35.3 Å².